The minimum atomic E-state index is -0.177. The molecule has 0 spiro atoms. The minimum Gasteiger partial charge on any atom is -0.335 e. The first-order valence-electron chi connectivity index (χ1n) is 7.56. The Labute approximate surface area is 125 Å². The summed E-state index contributed by atoms with van der Waals surface area (Å²) in [7, 11) is 0. The highest BCUT2D eigenvalue weighted by Gasteiger charge is 2.17. The van der Waals surface area contributed by atoms with Crippen LogP contribution in [0.4, 0.5) is 16.2 Å². The van der Waals surface area contributed by atoms with Crippen molar-refractivity contribution in [1.82, 2.24) is 5.32 Å². The average Bonchev–Trinajstić information content (AvgIpc) is 2.95. The van der Waals surface area contributed by atoms with Gasteiger partial charge >= 0.3 is 6.03 Å². The van der Waals surface area contributed by atoms with Gasteiger partial charge in [0.25, 0.3) is 0 Å². The molecule has 1 saturated carbocycles. The van der Waals surface area contributed by atoms with Crippen molar-refractivity contribution in [3.05, 3.63) is 23.8 Å². The van der Waals surface area contributed by atoms with Crippen LogP contribution in [0.15, 0.2) is 18.2 Å². The summed E-state index contributed by atoms with van der Waals surface area (Å²) in [5, 5.41) is 8.65. The maximum Gasteiger partial charge on any atom is 0.319 e. The van der Waals surface area contributed by atoms with Crippen molar-refractivity contribution in [3.8, 4) is 0 Å². The predicted octanol–water partition coefficient (Wildman–Crippen LogP) is 3.41. The van der Waals surface area contributed by atoms with Crippen molar-refractivity contribution >= 4 is 23.3 Å². The van der Waals surface area contributed by atoms with Gasteiger partial charge < -0.3 is 16.0 Å². The molecule has 1 aliphatic carbocycles. The fourth-order valence-electron chi connectivity index (χ4n) is 2.50. The number of aryl methyl sites for hydroxylation is 1. The first kappa shape index (κ1) is 15.4. The van der Waals surface area contributed by atoms with Gasteiger partial charge in [-0.25, -0.2) is 4.79 Å². The molecule has 1 aromatic rings. The van der Waals surface area contributed by atoms with Crippen molar-refractivity contribution in [3.63, 3.8) is 0 Å². The zero-order valence-electron chi connectivity index (χ0n) is 12.7. The summed E-state index contributed by atoms with van der Waals surface area (Å²) in [6.07, 6.45) is 4.90. The number of amides is 3. The van der Waals surface area contributed by atoms with Crippen LogP contribution in [0.25, 0.3) is 0 Å². The van der Waals surface area contributed by atoms with Crippen molar-refractivity contribution in [2.75, 3.05) is 10.6 Å². The number of anilines is 2. The van der Waals surface area contributed by atoms with Gasteiger partial charge in [-0.05, 0) is 37.5 Å². The quantitative estimate of drug-likeness (QED) is 0.795. The molecule has 114 valence electrons. The molecule has 1 aliphatic rings. The lowest BCUT2D eigenvalue weighted by Crippen LogP contribution is -2.36. The Bertz CT molecular complexity index is 522. The molecule has 0 unspecified atom stereocenters. The monoisotopic (exact) mass is 289 g/mol. The summed E-state index contributed by atoms with van der Waals surface area (Å²) in [6, 6.07) is 5.62. The highest BCUT2D eigenvalue weighted by molar-refractivity contribution is 5.94. The Morgan fingerprint density at radius 1 is 1.19 bits per heavy atom. The van der Waals surface area contributed by atoms with Gasteiger partial charge in [-0.15, -0.1) is 0 Å². The van der Waals surface area contributed by atoms with Crippen LogP contribution in [0.3, 0.4) is 0 Å². The number of urea groups is 1. The van der Waals surface area contributed by atoms with Gasteiger partial charge in [-0.2, -0.15) is 0 Å². The first-order valence-corrected chi connectivity index (χ1v) is 7.56. The third-order valence-electron chi connectivity index (χ3n) is 3.78. The summed E-state index contributed by atoms with van der Waals surface area (Å²) in [5.41, 5.74) is 2.38. The van der Waals surface area contributed by atoms with E-state index in [1.807, 2.05) is 19.1 Å². The normalized spacial score (nSPS) is 14.8. The van der Waals surface area contributed by atoms with E-state index in [0.717, 1.165) is 24.1 Å². The van der Waals surface area contributed by atoms with E-state index in [0.29, 0.717) is 12.1 Å². The van der Waals surface area contributed by atoms with Crippen LogP contribution in [0.1, 0.15) is 44.6 Å². The molecule has 3 amide bonds. The Balaban J connectivity index is 1.99. The second kappa shape index (κ2) is 7.11. The SMILES string of the molecule is CCC(=O)Nc1ccc(C)c(NC(=O)NC2CCCC2)c1. The van der Waals surface area contributed by atoms with Gasteiger partial charge in [0.2, 0.25) is 5.91 Å². The second-order valence-corrected chi connectivity index (χ2v) is 5.51. The van der Waals surface area contributed by atoms with E-state index in [4.69, 9.17) is 0 Å². The molecule has 3 N–H and O–H groups in total. The zero-order valence-corrected chi connectivity index (χ0v) is 12.7. The molecule has 5 nitrogen and oxygen atoms in total. The average molecular weight is 289 g/mol. The largest absolute Gasteiger partial charge is 0.335 e. The Kier molecular flexibility index (Phi) is 5.20. The molecule has 21 heavy (non-hydrogen) atoms. The van der Waals surface area contributed by atoms with Crippen molar-refractivity contribution in [1.29, 1.82) is 0 Å². The smallest absolute Gasteiger partial charge is 0.319 e. The van der Waals surface area contributed by atoms with E-state index in [2.05, 4.69) is 16.0 Å². The minimum absolute atomic E-state index is 0.0415. The van der Waals surface area contributed by atoms with Crippen LogP contribution in [0, 0.1) is 6.92 Å². The van der Waals surface area contributed by atoms with Gasteiger partial charge in [0.1, 0.15) is 0 Å². The molecule has 0 aliphatic heterocycles. The van der Waals surface area contributed by atoms with Crippen LogP contribution >= 0.6 is 0 Å². The van der Waals surface area contributed by atoms with Crippen LogP contribution in [-0.2, 0) is 4.79 Å². The third-order valence-corrected chi connectivity index (χ3v) is 3.78. The highest BCUT2D eigenvalue weighted by Crippen LogP contribution is 2.21. The number of hydrogen-bond acceptors (Lipinski definition) is 2. The molecule has 0 atom stereocenters. The van der Waals surface area contributed by atoms with E-state index < -0.39 is 0 Å². The van der Waals surface area contributed by atoms with Gasteiger partial charge in [0.15, 0.2) is 0 Å². The Morgan fingerprint density at radius 2 is 1.90 bits per heavy atom. The number of benzene rings is 1. The van der Waals surface area contributed by atoms with E-state index in [-0.39, 0.29) is 18.0 Å². The zero-order chi connectivity index (χ0) is 15.2. The summed E-state index contributed by atoms with van der Waals surface area (Å²) < 4.78 is 0. The maximum absolute atomic E-state index is 12.0. The van der Waals surface area contributed by atoms with Crippen LogP contribution in [0.2, 0.25) is 0 Å². The van der Waals surface area contributed by atoms with Crippen molar-refractivity contribution < 1.29 is 9.59 Å². The van der Waals surface area contributed by atoms with Gasteiger partial charge in [0.05, 0.1) is 0 Å². The Hall–Kier alpha value is -2.04. The molecule has 2 rings (SSSR count). The second-order valence-electron chi connectivity index (χ2n) is 5.51. The van der Waals surface area contributed by atoms with Gasteiger partial charge in [0, 0.05) is 23.8 Å². The summed E-state index contributed by atoms with van der Waals surface area (Å²) in [6.45, 7) is 3.73. The van der Waals surface area contributed by atoms with E-state index in [1.54, 1.807) is 13.0 Å². The lowest BCUT2D eigenvalue weighted by Gasteiger charge is -2.15. The van der Waals surface area contributed by atoms with E-state index in [1.165, 1.54) is 12.8 Å². The molecule has 1 aromatic carbocycles. The summed E-state index contributed by atoms with van der Waals surface area (Å²) >= 11 is 0. The molecule has 5 heteroatoms. The third kappa shape index (κ3) is 4.48. The molecule has 1 fully saturated rings. The van der Waals surface area contributed by atoms with Crippen molar-refractivity contribution in [2.45, 2.75) is 52.0 Å². The standard InChI is InChI=1S/C16H23N3O2/c1-3-15(20)17-13-9-8-11(2)14(10-13)19-16(21)18-12-6-4-5-7-12/h8-10,12H,3-7H2,1-2H3,(H,17,20)(H2,18,19,21). The molecule has 0 bridgehead atoms. The van der Waals surface area contributed by atoms with Gasteiger partial charge in [-0.1, -0.05) is 25.8 Å². The number of carbonyl (C=O) groups is 2. The number of rotatable bonds is 4. The number of hydrogen-bond donors (Lipinski definition) is 3. The fourth-order valence-corrected chi connectivity index (χ4v) is 2.50. The lowest BCUT2D eigenvalue weighted by molar-refractivity contribution is -0.115. The lowest BCUT2D eigenvalue weighted by atomic mass is 10.1. The summed E-state index contributed by atoms with van der Waals surface area (Å²) in [5.74, 6) is -0.0415. The topological polar surface area (TPSA) is 70.2 Å². The van der Waals surface area contributed by atoms with Crippen molar-refractivity contribution in [2.24, 2.45) is 0 Å². The number of carbonyl (C=O) groups excluding carboxylic acids is 2. The maximum atomic E-state index is 12.0. The predicted molar refractivity (Wildman–Crippen MR) is 84.5 cm³/mol. The van der Waals surface area contributed by atoms with Crippen LogP contribution < -0.4 is 16.0 Å². The molecular weight excluding hydrogens is 266 g/mol. The first-order chi connectivity index (χ1) is 10.1. The number of nitrogens with one attached hydrogen (secondary N) is 3. The fraction of sp³-hybridized carbons (Fsp3) is 0.500. The molecular formula is C16H23N3O2. The van der Waals surface area contributed by atoms with Gasteiger partial charge in [-0.3, -0.25) is 4.79 Å². The van der Waals surface area contributed by atoms with Crippen LogP contribution in [0.5, 0.6) is 0 Å². The summed E-state index contributed by atoms with van der Waals surface area (Å²) in [4.78, 5) is 23.4. The molecule has 0 radical (unpaired) electrons. The van der Waals surface area contributed by atoms with Crippen LogP contribution in [-0.4, -0.2) is 18.0 Å². The Morgan fingerprint density at radius 3 is 2.57 bits per heavy atom. The molecule has 0 heterocycles. The highest BCUT2D eigenvalue weighted by atomic mass is 16.2. The van der Waals surface area contributed by atoms with E-state index >= 15 is 0 Å². The molecule has 0 saturated heterocycles. The van der Waals surface area contributed by atoms with E-state index in [9.17, 15) is 9.59 Å². The molecule has 0 aromatic heterocycles.